The van der Waals surface area contributed by atoms with Crippen molar-refractivity contribution in [2.75, 3.05) is 11.9 Å². The quantitative estimate of drug-likeness (QED) is 0.656. The number of ether oxygens (including phenoxy) is 1. The Morgan fingerprint density at radius 2 is 2.00 bits per heavy atom. The molecule has 0 fully saturated rings. The summed E-state index contributed by atoms with van der Waals surface area (Å²) in [7, 11) is 0. The maximum Gasteiger partial charge on any atom is 0.416 e. The Morgan fingerprint density at radius 1 is 1.25 bits per heavy atom. The maximum absolute atomic E-state index is 12.8. The first-order chi connectivity index (χ1) is 13.2. The van der Waals surface area contributed by atoms with Gasteiger partial charge in [-0.25, -0.2) is 0 Å². The molecule has 2 aromatic carbocycles. The molecule has 0 aliphatic carbocycles. The molecule has 10 heteroatoms. The van der Waals surface area contributed by atoms with Crippen molar-refractivity contribution < 1.29 is 27.2 Å². The third kappa shape index (κ3) is 4.61. The number of carbonyl (C=O) groups is 1. The van der Waals surface area contributed by atoms with Gasteiger partial charge in [-0.15, -0.1) is 0 Å². The summed E-state index contributed by atoms with van der Waals surface area (Å²) in [6, 6.07) is 9.33. The normalized spacial score (nSPS) is 11.3. The van der Waals surface area contributed by atoms with E-state index in [0.29, 0.717) is 17.1 Å². The van der Waals surface area contributed by atoms with E-state index in [1.54, 1.807) is 31.2 Å². The number of rotatable bonds is 5. The fourth-order valence-electron chi connectivity index (χ4n) is 2.30. The summed E-state index contributed by atoms with van der Waals surface area (Å²) in [5.41, 5.74) is -0.607. The predicted octanol–water partition coefficient (Wildman–Crippen LogP) is 4.73. The highest BCUT2D eigenvalue weighted by molar-refractivity contribution is 6.33. The van der Waals surface area contributed by atoms with E-state index in [1.165, 1.54) is 0 Å². The second-order valence-corrected chi connectivity index (χ2v) is 6.08. The smallest absolute Gasteiger partial charge is 0.416 e. The molecule has 3 aromatic rings. The molecule has 0 saturated heterocycles. The molecular formula is C18H13ClF3N3O3. The van der Waals surface area contributed by atoms with Crippen molar-refractivity contribution in [1.82, 2.24) is 10.1 Å². The second kappa shape index (κ2) is 7.89. The molecule has 0 bridgehead atoms. The van der Waals surface area contributed by atoms with Crippen LogP contribution >= 0.6 is 11.6 Å². The molecule has 28 heavy (non-hydrogen) atoms. The molecule has 0 unspecified atom stereocenters. The van der Waals surface area contributed by atoms with Gasteiger partial charge in [-0.1, -0.05) is 28.9 Å². The average Bonchev–Trinajstić information content (AvgIpc) is 3.07. The topological polar surface area (TPSA) is 77.2 Å². The Labute approximate surface area is 162 Å². The van der Waals surface area contributed by atoms with Gasteiger partial charge in [-0.2, -0.15) is 18.2 Å². The number of para-hydroxylation sites is 1. The Hall–Kier alpha value is -3.07. The van der Waals surface area contributed by atoms with Crippen LogP contribution in [0, 0.1) is 6.92 Å². The van der Waals surface area contributed by atoms with Gasteiger partial charge < -0.3 is 14.6 Å². The fraction of sp³-hybridized carbons (Fsp3) is 0.167. The average molecular weight is 412 g/mol. The van der Waals surface area contributed by atoms with E-state index in [4.69, 9.17) is 20.9 Å². The zero-order chi connectivity index (χ0) is 20.3. The van der Waals surface area contributed by atoms with Gasteiger partial charge in [-0.3, -0.25) is 4.79 Å². The largest absolute Gasteiger partial charge is 0.483 e. The molecule has 0 atom stereocenters. The van der Waals surface area contributed by atoms with Crippen LogP contribution in [0.5, 0.6) is 5.75 Å². The highest BCUT2D eigenvalue weighted by Crippen LogP contribution is 2.34. The number of hydrogen-bond acceptors (Lipinski definition) is 5. The van der Waals surface area contributed by atoms with Crippen molar-refractivity contribution in [3.8, 4) is 17.2 Å². The number of anilines is 1. The molecule has 0 aliphatic rings. The zero-order valence-corrected chi connectivity index (χ0v) is 15.1. The lowest BCUT2D eigenvalue weighted by Crippen LogP contribution is -2.21. The second-order valence-electron chi connectivity index (χ2n) is 5.67. The molecule has 1 amide bonds. The summed E-state index contributed by atoms with van der Waals surface area (Å²) in [4.78, 5) is 16.2. The van der Waals surface area contributed by atoms with Gasteiger partial charge in [0.15, 0.2) is 12.4 Å². The first kappa shape index (κ1) is 19.7. The molecule has 1 aromatic heterocycles. The van der Waals surface area contributed by atoms with E-state index in [-0.39, 0.29) is 16.6 Å². The van der Waals surface area contributed by atoms with Crippen LogP contribution in [-0.4, -0.2) is 22.7 Å². The number of aromatic nitrogens is 2. The van der Waals surface area contributed by atoms with Crippen LogP contribution in [0.1, 0.15) is 11.4 Å². The Bertz CT molecular complexity index is 1000. The fourth-order valence-corrected chi connectivity index (χ4v) is 2.47. The van der Waals surface area contributed by atoms with E-state index < -0.39 is 24.3 Å². The minimum Gasteiger partial charge on any atom is -0.483 e. The first-order valence-corrected chi connectivity index (χ1v) is 8.31. The van der Waals surface area contributed by atoms with E-state index in [0.717, 1.165) is 18.2 Å². The summed E-state index contributed by atoms with van der Waals surface area (Å²) < 4.78 is 49.0. The molecular weight excluding hydrogens is 399 g/mol. The third-order valence-electron chi connectivity index (χ3n) is 3.57. The molecule has 6 nitrogen and oxygen atoms in total. The molecule has 0 spiro atoms. The van der Waals surface area contributed by atoms with Crippen molar-refractivity contribution in [3.63, 3.8) is 0 Å². The van der Waals surface area contributed by atoms with E-state index in [2.05, 4.69) is 15.5 Å². The van der Waals surface area contributed by atoms with Crippen molar-refractivity contribution in [2.45, 2.75) is 13.1 Å². The lowest BCUT2D eigenvalue weighted by atomic mass is 10.2. The van der Waals surface area contributed by atoms with Gasteiger partial charge in [-0.05, 0) is 37.3 Å². The summed E-state index contributed by atoms with van der Waals surface area (Å²) in [5.74, 6) is 0.269. The maximum atomic E-state index is 12.8. The van der Waals surface area contributed by atoms with Crippen LogP contribution in [0.3, 0.4) is 0 Å². The van der Waals surface area contributed by atoms with Crippen molar-refractivity contribution in [2.24, 2.45) is 0 Å². The number of halogens is 4. The minimum absolute atomic E-state index is 0.0249. The molecule has 1 heterocycles. The van der Waals surface area contributed by atoms with Crippen LogP contribution in [0.25, 0.3) is 11.5 Å². The van der Waals surface area contributed by atoms with Crippen molar-refractivity contribution in [1.29, 1.82) is 0 Å². The molecule has 146 valence electrons. The standard InChI is InChI=1S/C18H13ClF3N3O3/c1-10-23-17(28-25-10)12-4-2-3-5-15(12)27-9-16(26)24-14-8-11(18(20,21)22)6-7-13(14)19/h2-8H,9H2,1H3,(H,24,26). The van der Waals surface area contributed by atoms with Gasteiger partial charge in [0, 0.05) is 0 Å². The van der Waals surface area contributed by atoms with Crippen LogP contribution in [0.15, 0.2) is 47.0 Å². The Kier molecular flexibility index (Phi) is 5.55. The number of alkyl halides is 3. The highest BCUT2D eigenvalue weighted by atomic mass is 35.5. The Balaban J connectivity index is 1.71. The lowest BCUT2D eigenvalue weighted by Gasteiger charge is -2.12. The van der Waals surface area contributed by atoms with Crippen LogP contribution < -0.4 is 10.1 Å². The number of benzene rings is 2. The summed E-state index contributed by atoms with van der Waals surface area (Å²) in [6.45, 7) is 1.19. The van der Waals surface area contributed by atoms with E-state index >= 15 is 0 Å². The Morgan fingerprint density at radius 3 is 2.68 bits per heavy atom. The van der Waals surface area contributed by atoms with Gasteiger partial charge in [0.05, 0.1) is 21.8 Å². The van der Waals surface area contributed by atoms with Crippen LogP contribution in [0.2, 0.25) is 5.02 Å². The SMILES string of the molecule is Cc1noc(-c2ccccc2OCC(=O)Nc2cc(C(F)(F)F)ccc2Cl)n1. The molecule has 0 aliphatic heterocycles. The third-order valence-corrected chi connectivity index (χ3v) is 3.90. The molecule has 0 saturated carbocycles. The van der Waals surface area contributed by atoms with Gasteiger partial charge >= 0.3 is 6.18 Å². The van der Waals surface area contributed by atoms with Crippen LogP contribution in [0.4, 0.5) is 18.9 Å². The minimum atomic E-state index is -4.55. The molecule has 3 rings (SSSR count). The molecule has 1 N–H and O–H groups in total. The number of hydrogen-bond donors (Lipinski definition) is 1. The van der Waals surface area contributed by atoms with Gasteiger partial charge in [0.25, 0.3) is 11.8 Å². The number of carbonyl (C=O) groups excluding carboxylic acids is 1. The first-order valence-electron chi connectivity index (χ1n) is 7.93. The molecule has 0 radical (unpaired) electrons. The van der Waals surface area contributed by atoms with Crippen molar-refractivity contribution in [3.05, 3.63) is 58.9 Å². The number of nitrogens with zero attached hydrogens (tertiary/aromatic N) is 2. The zero-order valence-electron chi connectivity index (χ0n) is 14.4. The number of amides is 1. The van der Waals surface area contributed by atoms with Crippen molar-refractivity contribution >= 4 is 23.2 Å². The van der Waals surface area contributed by atoms with Crippen LogP contribution in [-0.2, 0) is 11.0 Å². The number of nitrogens with one attached hydrogen (secondary N) is 1. The predicted molar refractivity (Wildman–Crippen MR) is 95.0 cm³/mol. The summed E-state index contributed by atoms with van der Waals surface area (Å²) in [6.07, 6.45) is -4.55. The number of aryl methyl sites for hydroxylation is 1. The monoisotopic (exact) mass is 411 g/mol. The highest BCUT2D eigenvalue weighted by Gasteiger charge is 2.31. The van der Waals surface area contributed by atoms with Gasteiger partial charge in [0.1, 0.15) is 5.75 Å². The lowest BCUT2D eigenvalue weighted by molar-refractivity contribution is -0.137. The van der Waals surface area contributed by atoms with Gasteiger partial charge in [0.2, 0.25) is 0 Å². The van der Waals surface area contributed by atoms with E-state index in [9.17, 15) is 18.0 Å². The summed E-state index contributed by atoms with van der Waals surface area (Å²) in [5, 5.41) is 5.98. The summed E-state index contributed by atoms with van der Waals surface area (Å²) >= 11 is 5.86. The van der Waals surface area contributed by atoms with E-state index in [1.807, 2.05) is 0 Å².